The van der Waals surface area contributed by atoms with Crippen LogP contribution in [0.15, 0.2) is 35.0 Å². The molecule has 0 saturated heterocycles. The van der Waals surface area contributed by atoms with Crippen molar-refractivity contribution in [2.75, 3.05) is 0 Å². The normalized spacial score (nSPS) is 13.6. The van der Waals surface area contributed by atoms with Crippen LogP contribution in [0.4, 0.5) is 13.2 Å². The lowest BCUT2D eigenvalue weighted by Crippen LogP contribution is -2.13. The molecule has 1 nitrogen and oxygen atoms in total. The second-order valence-electron chi connectivity index (χ2n) is 3.77. The molecule has 0 spiro atoms. The van der Waals surface area contributed by atoms with Gasteiger partial charge in [0.1, 0.15) is 0 Å². The van der Waals surface area contributed by atoms with Crippen LogP contribution >= 0.6 is 22.9 Å². The summed E-state index contributed by atoms with van der Waals surface area (Å²) in [5, 5.41) is 3.33. The van der Waals surface area contributed by atoms with E-state index in [9.17, 15) is 13.2 Å². The van der Waals surface area contributed by atoms with E-state index in [1.807, 2.05) is 10.8 Å². The lowest BCUT2D eigenvalue weighted by atomic mass is 10.00. The second-order valence-corrected chi connectivity index (χ2v) is 4.96. The highest BCUT2D eigenvalue weighted by Crippen LogP contribution is 2.36. The van der Waals surface area contributed by atoms with Gasteiger partial charge < -0.3 is 5.73 Å². The van der Waals surface area contributed by atoms with Gasteiger partial charge in [-0.05, 0) is 40.1 Å². The Morgan fingerprint density at radius 2 is 1.89 bits per heavy atom. The van der Waals surface area contributed by atoms with E-state index in [0.29, 0.717) is 5.56 Å². The highest BCUT2D eigenvalue weighted by Gasteiger charge is 2.33. The van der Waals surface area contributed by atoms with Crippen LogP contribution in [0.1, 0.15) is 22.7 Å². The molecule has 1 heterocycles. The third-order valence-electron chi connectivity index (χ3n) is 2.56. The first-order valence-electron chi connectivity index (χ1n) is 5.04. The summed E-state index contributed by atoms with van der Waals surface area (Å²) < 4.78 is 38.1. The maximum Gasteiger partial charge on any atom is 0.417 e. The van der Waals surface area contributed by atoms with Crippen molar-refractivity contribution in [3.05, 3.63) is 56.7 Å². The highest BCUT2D eigenvalue weighted by atomic mass is 35.5. The van der Waals surface area contributed by atoms with Crippen molar-refractivity contribution < 1.29 is 13.2 Å². The fourth-order valence-corrected chi connectivity index (χ4v) is 2.52. The molecular formula is C12H9ClF3NS. The molecule has 1 aromatic heterocycles. The molecule has 2 N–H and O–H groups in total. The molecule has 0 fully saturated rings. The molecule has 0 bridgehead atoms. The maximum atomic E-state index is 12.7. The molecule has 1 atom stereocenters. The van der Waals surface area contributed by atoms with Crippen molar-refractivity contribution in [2.45, 2.75) is 12.2 Å². The minimum absolute atomic E-state index is 0.316. The van der Waals surface area contributed by atoms with Crippen LogP contribution in [-0.2, 0) is 6.18 Å². The predicted molar refractivity (Wildman–Crippen MR) is 66.8 cm³/mol. The van der Waals surface area contributed by atoms with Gasteiger partial charge in [-0.15, -0.1) is 0 Å². The van der Waals surface area contributed by atoms with Gasteiger partial charge in [-0.2, -0.15) is 24.5 Å². The Morgan fingerprint density at radius 3 is 2.44 bits per heavy atom. The van der Waals surface area contributed by atoms with Gasteiger partial charge in [-0.3, -0.25) is 0 Å². The summed E-state index contributed by atoms with van der Waals surface area (Å²) in [4.78, 5) is 0. The Kier molecular flexibility index (Phi) is 3.66. The minimum atomic E-state index is -4.47. The predicted octanol–water partition coefficient (Wildman–Crippen LogP) is 4.47. The number of nitrogens with two attached hydrogens (primary N) is 1. The van der Waals surface area contributed by atoms with Gasteiger partial charge >= 0.3 is 6.18 Å². The molecule has 0 aliphatic carbocycles. The minimum Gasteiger partial charge on any atom is -0.320 e. The van der Waals surface area contributed by atoms with Crippen molar-refractivity contribution in [1.82, 2.24) is 0 Å². The molecule has 0 radical (unpaired) electrons. The van der Waals surface area contributed by atoms with Gasteiger partial charge in [-0.25, -0.2) is 0 Å². The quantitative estimate of drug-likeness (QED) is 0.868. The largest absolute Gasteiger partial charge is 0.417 e. The van der Waals surface area contributed by atoms with E-state index in [4.69, 9.17) is 17.3 Å². The topological polar surface area (TPSA) is 26.0 Å². The summed E-state index contributed by atoms with van der Waals surface area (Å²) in [5.41, 5.74) is 6.25. The summed E-state index contributed by atoms with van der Waals surface area (Å²) in [7, 11) is 0. The van der Waals surface area contributed by atoms with Crippen LogP contribution in [0.2, 0.25) is 5.02 Å². The molecule has 2 rings (SSSR count). The van der Waals surface area contributed by atoms with Crippen molar-refractivity contribution in [2.24, 2.45) is 5.73 Å². The number of thiophene rings is 1. The van der Waals surface area contributed by atoms with Gasteiger partial charge in [0, 0.05) is 0 Å². The summed E-state index contributed by atoms with van der Waals surface area (Å²) in [5.74, 6) is 0. The number of benzene rings is 1. The van der Waals surface area contributed by atoms with Gasteiger partial charge in [0.2, 0.25) is 0 Å². The monoisotopic (exact) mass is 291 g/mol. The van der Waals surface area contributed by atoms with Crippen molar-refractivity contribution in [3.8, 4) is 0 Å². The number of hydrogen-bond acceptors (Lipinski definition) is 2. The molecule has 0 unspecified atom stereocenters. The molecule has 2 aromatic rings. The molecule has 6 heteroatoms. The van der Waals surface area contributed by atoms with Crippen LogP contribution < -0.4 is 5.73 Å². The summed E-state index contributed by atoms with van der Waals surface area (Å²) in [6.45, 7) is 0. The summed E-state index contributed by atoms with van der Waals surface area (Å²) >= 11 is 7.00. The smallest absolute Gasteiger partial charge is 0.320 e. The van der Waals surface area contributed by atoms with Gasteiger partial charge in [0.15, 0.2) is 0 Å². The third-order valence-corrected chi connectivity index (χ3v) is 3.59. The molecule has 0 amide bonds. The number of hydrogen-bond donors (Lipinski definition) is 1. The zero-order chi connectivity index (χ0) is 13.3. The second kappa shape index (κ2) is 4.91. The number of rotatable bonds is 2. The number of halogens is 4. The van der Waals surface area contributed by atoms with Crippen LogP contribution in [0.5, 0.6) is 0 Å². The first kappa shape index (κ1) is 13.4. The van der Waals surface area contributed by atoms with Crippen LogP contribution in [0.25, 0.3) is 0 Å². The lowest BCUT2D eigenvalue weighted by Gasteiger charge is -2.15. The Labute approximate surface area is 111 Å². The van der Waals surface area contributed by atoms with E-state index in [-0.39, 0.29) is 5.02 Å². The molecule has 0 aliphatic rings. The molecule has 18 heavy (non-hydrogen) atoms. The van der Waals surface area contributed by atoms with Gasteiger partial charge in [-0.1, -0.05) is 17.7 Å². The molecular weight excluding hydrogens is 283 g/mol. The van der Waals surface area contributed by atoms with Gasteiger partial charge in [0.25, 0.3) is 0 Å². The van der Waals surface area contributed by atoms with E-state index in [2.05, 4.69) is 0 Å². The third kappa shape index (κ3) is 2.68. The van der Waals surface area contributed by atoms with Crippen LogP contribution in [0.3, 0.4) is 0 Å². The van der Waals surface area contributed by atoms with Crippen molar-refractivity contribution in [1.29, 1.82) is 0 Å². The van der Waals surface area contributed by atoms with Crippen LogP contribution in [0, 0.1) is 0 Å². The van der Waals surface area contributed by atoms with E-state index in [1.54, 1.807) is 6.07 Å². The average Bonchev–Trinajstić information content (AvgIpc) is 2.80. The van der Waals surface area contributed by atoms with Crippen LogP contribution in [-0.4, -0.2) is 0 Å². The Hall–Kier alpha value is -1.04. The van der Waals surface area contributed by atoms with E-state index >= 15 is 0 Å². The van der Waals surface area contributed by atoms with Crippen molar-refractivity contribution in [3.63, 3.8) is 0 Å². The summed E-state index contributed by atoms with van der Waals surface area (Å²) in [6, 6.07) is 4.96. The number of alkyl halides is 3. The van der Waals surface area contributed by atoms with E-state index in [0.717, 1.165) is 11.6 Å². The SMILES string of the molecule is N[C@H](c1ccsc1)c1ccc(Cl)c(C(F)(F)F)c1. The average molecular weight is 292 g/mol. The van der Waals surface area contributed by atoms with E-state index in [1.165, 1.54) is 23.5 Å². The zero-order valence-electron chi connectivity index (χ0n) is 9.04. The fourth-order valence-electron chi connectivity index (χ4n) is 1.60. The highest BCUT2D eigenvalue weighted by molar-refractivity contribution is 7.08. The molecule has 96 valence electrons. The van der Waals surface area contributed by atoms with E-state index < -0.39 is 17.8 Å². The molecule has 0 aliphatic heterocycles. The molecule has 0 saturated carbocycles. The standard InChI is InChI=1S/C12H9ClF3NS/c13-10-2-1-7(5-9(10)12(14,15)16)11(17)8-3-4-18-6-8/h1-6,11H,17H2/t11-/m0/s1. The first-order valence-corrected chi connectivity index (χ1v) is 6.36. The zero-order valence-corrected chi connectivity index (χ0v) is 10.6. The summed E-state index contributed by atoms with van der Waals surface area (Å²) in [6.07, 6.45) is -4.47. The Morgan fingerprint density at radius 1 is 1.17 bits per heavy atom. The van der Waals surface area contributed by atoms with Gasteiger partial charge in [0.05, 0.1) is 16.6 Å². The molecule has 1 aromatic carbocycles. The Balaban J connectivity index is 2.42. The van der Waals surface area contributed by atoms with Crippen molar-refractivity contribution >= 4 is 22.9 Å². The fraction of sp³-hybridized carbons (Fsp3) is 0.167. The first-order chi connectivity index (χ1) is 8.39. The lowest BCUT2D eigenvalue weighted by molar-refractivity contribution is -0.137. The Bertz CT molecular complexity index is 537. The maximum absolute atomic E-state index is 12.7.